The van der Waals surface area contributed by atoms with Gasteiger partial charge in [0.2, 0.25) is 0 Å². The minimum Gasteiger partial charge on any atom is -0.466 e. The van der Waals surface area contributed by atoms with E-state index in [-0.39, 0.29) is 5.97 Å². The van der Waals surface area contributed by atoms with Gasteiger partial charge in [0.15, 0.2) is 0 Å². The number of carbonyl (C=O) groups excluding carboxylic acids is 1. The van der Waals surface area contributed by atoms with Crippen LogP contribution in [0.3, 0.4) is 0 Å². The lowest BCUT2D eigenvalue weighted by atomic mass is 10.00. The van der Waals surface area contributed by atoms with Crippen molar-refractivity contribution >= 4 is 17.3 Å². The van der Waals surface area contributed by atoms with E-state index in [1.807, 2.05) is 51.4 Å². The van der Waals surface area contributed by atoms with Gasteiger partial charge in [0, 0.05) is 39.0 Å². The van der Waals surface area contributed by atoms with Crippen molar-refractivity contribution in [2.24, 2.45) is 0 Å². The number of nitrogens with zero attached hydrogens (tertiary/aromatic N) is 3. The maximum absolute atomic E-state index is 11.6. The molecular formula is C29H41N5O2. The fourth-order valence-corrected chi connectivity index (χ4v) is 4.56. The molecule has 0 bridgehead atoms. The number of benzene rings is 2. The van der Waals surface area contributed by atoms with E-state index in [1.165, 1.54) is 29.5 Å². The topological polar surface area (TPSA) is 85.4 Å². The van der Waals surface area contributed by atoms with E-state index in [0.29, 0.717) is 19.1 Å². The van der Waals surface area contributed by atoms with Crippen LogP contribution in [0.2, 0.25) is 0 Å². The van der Waals surface area contributed by atoms with Crippen LogP contribution in [0.5, 0.6) is 0 Å². The number of nitrogens with one attached hydrogen (secondary N) is 1. The first-order chi connectivity index (χ1) is 17.4. The lowest BCUT2D eigenvalue weighted by Gasteiger charge is -2.33. The van der Waals surface area contributed by atoms with Crippen LogP contribution in [-0.4, -0.2) is 47.4 Å². The molecule has 4 rings (SSSR count). The van der Waals surface area contributed by atoms with E-state index >= 15 is 0 Å². The molecule has 2 heterocycles. The highest BCUT2D eigenvalue weighted by Gasteiger charge is 2.22. The zero-order valence-corrected chi connectivity index (χ0v) is 22.2. The Morgan fingerprint density at radius 2 is 2.03 bits per heavy atom. The quantitative estimate of drug-likeness (QED) is 0.335. The monoisotopic (exact) mass is 491 g/mol. The Bertz CT molecular complexity index is 1100. The van der Waals surface area contributed by atoms with Crippen LogP contribution in [0.4, 0.5) is 11.4 Å². The summed E-state index contributed by atoms with van der Waals surface area (Å²) in [6.07, 6.45) is 7.50. The van der Waals surface area contributed by atoms with Gasteiger partial charge in [-0.1, -0.05) is 30.3 Å². The Morgan fingerprint density at radius 1 is 1.19 bits per heavy atom. The highest BCUT2D eigenvalue weighted by molar-refractivity contribution is 5.70. The smallest absolute Gasteiger partial charge is 0.306 e. The van der Waals surface area contributed by atoms with Crippen LogP contribution >= 0.6 is 0 Å². The minimum atomic E-state index is -0.118. The number of esters is 1. The number of carbonyl (C=O) groups is 1. The SMILES string of the molecule is CCOC(=O)CCc1ccc(C)c(CN2CCCC(n3cccn3)C2)c1.CNc1cccc(C)c1N. The summed E-state index contributed by atoms with van der Waals surface area (Å²) in [6.45, 7) is 9.58. The van der Waals surface area contributed by atoms with Gasteiger partial charge in [0.25, 0.3) is 0 Å². The third-order valence-corrected chi connectivity index (χ3v) is 6.70. The molecule has 0 radical (unpaired) electrons. The summed E-state index contributed by atoms with van der Waals surface area (Å²) in [5.41, 5.74) is 12.6. The summed E-state index contributed by atoms with van der Waals surface area (Å²) in [4.78, 5) is 14.1. The van der Waals surface area contributed by atoms with Crippen molar-refractivity contribution in [2.45, 2.75) is 59.0 Å². The largest absolute Gasteiger partial charge is 0.466 e. The van der Waals surface area contributed by atoms with E-state index in [0.717, 1.165) is 43.0 Å². The van der Waals surface area contributed by atoms with E-state index in [4.69, 9.17) is 10.5 Å². The highest BCUT2D eigenvalue weighted by Crippen LogP contribution is 2.24. The molecule has 36 heavy (non-hydrogen) atoms. The van der Waals surface area contributed by atoms with Crippen LogP contribution in [0.25, 0.3) is 0 Å². The molecule has 0 amide bonds. The number of piperidine rings is 1. The van der Waals surface area contributed by atoms with Gasteiger partial charge >= 0.3 is 5.97 Å². The number of aryl methyl sites for hydroxylation is 3. The number of hydrogen-bond donors (Lipinski definition) is 2. The third-order valence-electron chi connectivity index (χ3n) is 6.70. The number of likely N-dealkylation sites (tertiary alicyclic amines) is 1. The molecule has 1 aromatic heterocycles. The summed E-state index contributed by atoms with van der Waals surface area (Å²) >= 11 is 0. The number of hydrogen-bond acceptors (Lipinski definition) is 6. The molecule has 1 fully saturated rings. The normalized spacial score (nSPS) is 15.6. The second-order valence-electron chi connectivity index (χ2n) is 9.37. The first-order valence-electron chi connectivity index (χ1n) is 12.9. The lowest BCUT2D eigenvalue weighted by molar-refractivity contribution is -0.143. The van der Waals surface area contributed by atoms with Gasteiger partial charge in [0.1, 0.15) is 0 Å². The molecule has 1 aliphatic rings. The minimum absolute atomic E-state index is 0.118. The molecular weight excluding hydrogens is 450 g/mol. The van der Waals surface area contributed by atoms with E-state index in [1.54, 1.807) is 0 Å². The molecule has 0 aliphatic carbocycles. The molecule has 1 aliphatic heterocycles. The third kappa shape index (κ3) is 7.85. The van der Waals surface area contributed by atoms with Crippen molar-refractivity contribution < 1.29 is 9.53 Å². The molecule has 0 saturated carbocycles. The summed E-state index contributed by atoms with van der Waals surface area (Å²) in [7, 11) is 1.87. The summed E-state index contributed by atoms with van der Waals surface area (Å²) in [5, 5.41) is 7.43. The number of nitrogen functional groups attached to an aromatic ring is 1. The molecule has 7 nitrogen and oxygen atoms in total. The summed E-state index contributed by atoms with van der Waals surface area (Å²) in [6, 6.07) is 15.0. The van der Waals surface area contributed by atoms with Gasteiger partial charge in [0.05, 0.1) is 24.0 Å². The van der Waals surface area contributed by atoms with Crippen molar-refractivity contribution in [3.05, 3.63) is 77.1 Å². The molecule has 1 atom stereocenters. The van der Waals surface area contributed by atoms with Crippen LogP contribution in [0, 0.1) is 13.8 Å². The fourth-order valence-electron chi connectivity index (χ4n) is 4.56. The number of rotatable bonds is 8. The predicted molar refractivity (Wildman–Crippen MR) is 147 cm³/mol. The Kier molecular flexibility index (Phi) is 10.4. The first-order valence-corrected chi connectivity index (χ1v) is 12.9. The second kappa shape index (κ2) is 13.7. The maximum atomic E-state index is 11.6. The Balaban J connectivity index is 0.000000303. The molecule has 2 aromatic carbocycles. The fraction of sp³-hybridized carbons (Fsp3) is 0.448. The Labute approximate surface area is 215 Å². The average molecular weight is 492 g/mol. The Morgan fingerprint density at radius 3 is 2.72 bits per heavy atom. The zero-order chi connectivity index (χ0) is 25.9. The molecule has 0 spiro atoms. The van der Waals surface area contributed by atoms with Crippen LogP contribution < -0.4 is 11.1 Å². The number of ether oxygens (including phenoxy) is 1. The van der Waals surface area contributed by atoms with E-state index in [9.17, 15) is 4.79 Å². The van der Waals surface area contributed by atoms with Crippen molar-refractivity contribution in [3.63, 3.8) is 0 Å². The van der Waals surface area contributed by atoms with Crippen LogP contribution in [0.1, 0.15) is 54.5 Å². The number of anilines is 2. The lowest BCUT2D eigenvalue weighted by Crippen LogP contribution is -2.36. The van der Waals surface area contributed by atoms with Crippen molar-refractivity contribution in [1.29, 1.82) is 0 Å². The summed E-state index contributed by atoms with van der Waals surface area (Å²) in [5.74, 6) is -0.118. The standard InChI is InChI=1S/C21H29N3O2.C8H12N2/c1-3-26-21(25)10-9-18-8-7-17(2)19(14-18)15-23-12-4-6-20(16-23)24-13-5-11-22-24;1-6-4-3-5-7(10-2)8(6)9/h5,7-8,11,13-14,20H,3-4,6,9-10,12,15-16H2,1-2H3;3-5,10H,9H2,1-2H3. The van der Waals surface area contributed by atoms with Crippen molar-refractivity contribution in [1.82, 2.24) is 14.7 Å². The van der Waals surface area contributed by atoms with Crippen LogP contribution in [0.15, 0.2) is 54.9 Å². The van der Waals surface area contributed by atoms with Crippen molar-refractivity contribution in [3.8, 4) is 0 Å². The second-order valence-corrected chi connectivity index (χ2v) is 9.37. The molecule has 1 saturated heterocycles. The molecule has 1 unspecified atom stereocenters. The number of aromatic nitrogens is 2. The van der Waals surface area contributed by atoms with Gasteiger partial charge < -0.3 is 15.8 Å². The number of nitrogens with two attached hydrogens (primary N) is 1. The Hall–Kier alpha value is -3.32. The molecule has 194 valence electrons. The predicted octanol–water partition coefficient (Wildman–Crippen LogP) is 5.14. The average Bonchev–Trinajstić information content (AvgIpc) is 3.42. The molecule has 7 heteroatoms. The van der Waals surface area contributed by atoms with Crippen LogP contribution in [-0.2, 0) is 22.5 Å². The van der Waals surface area contributed by atoms with Gasteiger partial charge in [-0.25, -0.2) is 0 Å². The van der Waals surface area contributed by atoms with Gasteiger partial charge in [-0.15, -0.1) is 0 Å². The first kappa shape index (κ1) is 27.3. The van der Waals surface area contributed by atoms with Gasteiger partial charge in [-0.3, -0.25) is 14.4 Å². The highest BCUT2D eigenvalue weighted by atomic mass is 16.5. The van der Waals surface area contributed by atoms with Gasteiger partial charge in [-0.2, -0.15) is 5.10 Å². The number of para-hydroxylation sites is 1. The van der Waals surface area contributed by atoms with E-state index < -0.39 is 0 Å². The van der Waals surface area contributed by atoms with Gasteiger partial charge in [-0.05, 0) is 81.0 Å². The summed E-state index contributed by atoms with van der Waals surface area (Å²) < 4.78 is 7.12. The van der Waals surface area contributed by atoms with Crippen molar-refractivity contribution in [2.75, 3.05) is 37.8 Å². The zero-order valence-electron chi connectivity index (χ0n) is 22.2. The molecule has 3 aromatic rings. The van der Waals surface area contributed by atoms with E-state index in [2.05, 4.69) is 51.3 Å². The maximum Gasteiger partial charge on any atom is 0.306 e. The molecule has 3 N–H and O–H groups in total.